The van der Waals surface area contributed by atoms with E-state index in [2.05, 4.69) is 0 Å². The van der Waals surface area contributed by atoms with Crippen LogP contribution in [0.5, 0.6) is 0 Å². The highest BCUT2D eigenvalue weighted by atomic mass is 16.7. The summed E-state index contributed by atoms with van der Waals surface area (Å²) in [7, 11) is 0. The Hall–Kier alpha value is -0.560. The van der Waals surface area contributed by atoms with E-state index in [1.165, 1.54) is 0 Å². The molecule has 0 bridgehead atoms. The number of hydrogen-bond donors (Lipinski definition) is 10. The minimum Gasteiger partial charge on any atom is -0.394 e. The van der Waals surface area contributed by atoms with Crippen LogP contribution in [0, 0.1) is 0 Å². The SMILES string of the molecule is NC[C@@H]1O[C@@H](O[C@H]2[C@H](O)[C@@H](O[C@H]3O[C@H](CO)[C@@H](O)C[C@H]3O)[C@H](N)C[C@@H]2N)[C@@H](O)[C@H](O)[C@H]1O. The van der Waals surface area contributed by atoms with Gasteiger partial charge in [-0.2, -0.15) is 0 Å². The summed E-state index contributed by atoms with van der Waals surface area (Å²) < 4.78 is 22.2. The Labute approximate surface area is 184 Å². The van der Waals surface area contributed by atoms with Crippen molar-refractivity contribution in [1.29, 1.82) is 0 Å². The molecule has 0 radical (unpaired) electrons. The summed E-state index contributed by atoms with van der Waals surface area (Å²) in [6, 6.07) is -1.59. The standard InChI is InChI=1S/C18H35N3O11/c19-3-9-11(25)12(26)13(27)18(29-9)32-16-6(21)1-5(20)15(14(16)28)31-17-8(24)2-7(23)10(4-22)30-17/h5-18,22-28H,1-4,19-21H2/t5-,6+,7+,8-,9+,10-,11+,12-,13+,14-,15+,16-,17-,18+/m1/s1. The fourth-order valence-electron chi connectivity index (χ4n) is 4.32. The molecule has 2 saturated heterocycles. The van der Waals surface area contributed by atoms with Gasteiger partial charge in [-0.3, -0.25) is 0 Å². The third-order valence-corrected chi connectivity index (χ3v) is 6.26. The largest absolute Gasteiger partial charge is 0.394 e. The molecule has 188 valence electrons. The second kappa shape index (κ2) is 10.8. The van der Waals surface area contributed by atoms with Crippen molar-refractivity contribution < 1.29 is 54.7 Å². The van der Waals surface area contributed by atoms with Crippen molar-refractivity contribution in [2.75, 3.05) is 13.2 Å². The lowest BCUT2D eigenvalue weighted by molar-refractivity contribution is -0.330. The van der Waals surface area contributed by atoms with Gasteiger partial charge in [0.15, 0.2) is 12.6 Å². The molecule has 0 amide bonds. The van der Waals surface area contributed by atoms with Crippen LogP contribution >= 0.6 is 0 Å². The molecule has 0 aromatic carbocycles. The van der Waals surface area contributed by atoms with Gasteiger partial charge in [-0.1, -0.05) is 0 Å². The van der Waals surface area contributed by atoms with Crippen LogP contribution in [0.15, 0.2) is 0 Å². The van der Waals surface area contributed by atoms with Gasteiger partial charge in [0.05, 0.1) is 12.7 Å². The molecule has 0 aromatic heterocycles. The lowest BCUT2D eigenvalue weighted by Crippen LogP contribution is -2.67. The summed E-state index contributed by atoms with van der Waals surface area (Å²) >= 11 is 0. The average Bonchev–Trinajstić information content (AvgIpc) is 2.75. The number of aliphatic hydroxyl groups excluding tert-OH is 7. The van der Waals surface area contributed by atoms with Crippen molar-refractivity contribution >= 4 is 0 Å². The van der Waals surface area contributed by atoms with Crippen LogP contribution in [0.2, 0.25) is 0 Å². The summed E-state index contributed by atoms with van der Waals surface area (Å²) in [6.07, 6.45) is -15.5. The maximum absolute atomic E-state index is 10.9. The molecule has 14 atom stereocenters. The molecule has 1 aliphatic carbocycles. The first-order valence-electron chi connectivity index (χ1n) is 10.6. The van der Waals surface area contributed by atoms with Gasteiger partial charge in [0.1, 0.15) is 54.9 Å². The predicted molar refractivity (Wildman–Crippen MR) is 104 cm³/mol. The van der Waals surface area contributed by atoms with Gasteiger partial charge >= 0.3 is 0 Å². The molecular weight excluding hydrogens is 434 g/mol. The zero-order valence-electron chi connectivity index (χ0n) is 17.4. The topological polar surface area (TPSA) is 257 Å². The smallest absolute Gasteiger partial charge is 0.187 e. The quantitative estimate of drug-likeness (QED) is 0.174. The maximum Gasteiger partial charge on any atom is 0.187 e. The van der Waals surface area contributed by atoms with E-state index in [9.17, 15) is 35.7 Å². The van der Waals surface area contributed by atoms with Crippen molar-refractivity contribution in [1.82, 2.24) is 0 Å². The molecule has 14 heteroatoms. The Balaban J connectivity index is 1.70. The Morgan fingerprint density at radius 2 is 1.25 bits per heavy atom. The molecule has 1 saturated carbocycles. The van der Waals surface area contributed by atoms with Crippen LogP contribution in [0.3, 0.4) is 0 Å². The van der Waals surface area contributed by atoms with Gasteiger partial charge in [-0.05, 0) is 6.42 Å². The Morgan fingerprint density at radius 3 is 1.81 bits per heavy atom. The molecule has 3 rings (SSSR count). The number of hydrogen-bond acceptors (Lipinski definition) is 14. The van der Waals surface area contributed by atoms with E-state index in [1.807, 2.05) is 0 Å². The summed E-state index contributed by atoms with van der Waals surface area (Å²) in [5, 5.41) is 70.5. The number of aliphatic hydroxyl groups is 7. The van der Waals surface area contributed by atoms with Gasteiger partial charge < -0.3 is 71.9 Å². The van der Waals surface area contributed by atoms with E-state index in [0.29, 0.717) is 0 Å². The predicted octanol–water partition coefficient (Wildman–Crippen LogP) is -6.23. The van der Waals surface area contributed by atoms with Crippen molar-refractivity contribution in [3.05, 3.63) is 0 Å². The fourth-order valence-corrected chi connectivity index (χ4v) is 4.32. The first kappa shape index (κ1) is 26.1. The van der Waals surface area contributed by atoms with Crippen LogP contribution in [0.4, 0.5) is 0 Å². The third kappa shape index (κ3) is 5.24. The van der Waals surface area contributed by atoms with E-state index in [1.54, 1.807) is 0 Å². The molecular formula is C18H35N3O11. The molecule has 0 unspecified atom stereocenters. The molecule has 2 aliphatic heterocycles. The lowest BCUT2D eigenvalue weighted by Gasteiger charge is -2.47. The van der Waals surface area contributed by atoms with Crippen LogP contribution < -0.4 is 17.2 Å². The molecule has 13 N–H and O–H groups in total. The normalized spacial score (nSPS) is 52.7. The first-order valence-corrected chi connectivity index (χ1v) is 10.6. The number of rotatable bonds is 6. The van der Waals surface area contributed by atoms with E-state index in [4.69, 9.17) is 36.1 Å². The lowest BCUT2D eigenvalue weighted by atomic mass is 9.84. The highest BCUT2D eigenvalue weighted by Crippen LogP contribution is 2.31. The zero-order valence-corrected chi connectivity index (χ0v) is 17.4. The highest BCUT2D eigenvalue weighted by Gasteiger charge is 2.50. The van der Waals surface area contributed by atoms with E-state index in [0.717, 1.165) is 0 Å². The summed E-state index contributed by atoms with van der Waals surface area (Å²) in [4.78, 5) is 0. The van der Waals surface area contributed by atoms with E-state index in [-0.39, 0.29) is 19.4 Å². The second-order valence-corrected chi connectivity index (χ2v) is 8.60. The molecule has 3 aliphatic rings. The van der Waals surface area contributed by atoms with Crippen molar-refractivity contribution in [2.45, 2.75) is 98.5 Å². The molecule has 2 heterocycles. The van der Waals surface area contributed by atoms with Crippen LogP contribution in [-0.4, -0.2) is 135 Å². The Morgan fingerprint density at radius 1 is 0.688 bits per heavy atom. The second-order valence-electron chi connectivity index (χ2n) is 8.60. The molecule has 0 spiro atoms. The van der Waals surface area contributed by atoms with Gasteiger partial charge in [0.2, 0.25) is 0 Å². The molecule has 32 heavy (non-hydrogen) atoms. The minimum absolute atomic E-state index is 0.115. The Bertz CT molecular complexity index is 605. The van der Waals surface area contributed by atoms with E-state index >= 15 is 0 Å². The van der Waals surface area contributed by atoms with Gasteiger partial charge in [0.25, 0.3) is 0 Å². The summed E-state index contributed by atoms with van der Waals surface area (Å²) in [6.45, 7) is -0.660. The summed E-state index contributed by atoms with van der Waals surface area (Å²) in [5.74, 6) is 0. The first-order chi connectivity index (χ1) is 15.1. The number of nitrogens with two attached hydrogens (primary N) is 3. The fraction of sp³-hybridized carbons (Fsp3) is 1.00. The van der Waals surface area contributed by atoms with Crippen LogP contribution in [0.25, 0.3) is 0 Å². The number of ether oxygens (including phenoxy) is 4. The summed E-state index contributed by atoms with van der Waals surface area (Å²) in [5.41, 5.74) is 17.7. The zero-order chi connectivity index (χ0) is 23.7. The molecule has 3 fully saturated rings. The Kier molecular flexibility index (Phi) is 8.79. The monoisotopic (exact) mass is 469 g/mol. The van der Waals surface area contributed by atoms with Crippen molar-refractivity contribution in [3.63, 3.8) is 0 Å². The maximum atomic E-state index is 10.9. The van der Waals surface area contributed by atoms with Crippen molar-refractivity contribution in [3.8, 4) is 0 Å². The molecule has 0 aromatic rings. The van der Waals surface area contributed by atoms with Crippen LogP contribution in [0.1, 0.15) is 12.8 Å². The average molecular weight is 469 g/mol. The van der Waals surface area contributed by atoms with Crippen molar-refractivity contribution in [2.24, 2.45) is 17.2 Å². The van der Waals surface area contributed by atoms with Gasteiger partial charge in [-0.25, -0.2) is 0 Å². The van der Waals surface area contributed by atoms with Crippen LogP contribution in [-0.2, 0) is 18.9 Å². The van der Waals surface area contributed by atoms with Gasteiger partial charge in [-0.15, -0.1) is 0 Å². The highest BCUT2D eigenvalue weighted by molar-refractivity contribution is 5.00. The third-order valence-electron chi connectivity index (χ3n) is 6.26. The molecule has 14 nitrogen and oxygen atoms in total. The van der Waals surface area contributed by atoms with Gasteiger partial charge in [0, 0.05) is 25.0 Å². The minimum atomic E-state index is -1.64. The van der Waals surface area contributed by atoms with E-state index < -0.39 is 92.3 Å².